The predicted octanol–water partition coefficient (Wildman–Crippen LogP) is 4.39. The first-order chi connectivity index (χ1) is 11.7. The number of carbonyl (C=O) groups is 1. The number of fused-ring (bicyclic) bond motifs is 2. The van der Waals surface area contributed by atoms with E-state index in [1.54, 1.807) is 12.1 Å². The lowest BCUT2D eigenvalue weighted by Crippen LogP contribution is -2.24. The smallest absolute Gasteiger partial charge is 0.306 e. The molecule has 0 amide bonds. The summed E-state index contributed by atoms with van der Waals surface area (Å²) in [7, 11) is 0. The lowest BCUT2D eigenvalue weighted by atomic mass is 10.1. The highest BCUT2D eigenvalue weighted by molar-refractivity contribution is 7.24. The minimum atomic E-state index is -0.485. The van der Waals surface area contributed by atoms with Crippen molar-refractivity contribution in [1.82, 2.24) is 0 Å². The van der Waals surface area contributed by atoms with E-state index in [9.17, 15) is 14.7 Å². The van der Waals surface area contributed by atoms with Crippen molar-refractivity contribution in [2.24, 2.45) is 0 Å². The van der Waals surface area contributed by atoms with Crippen LogP contribution < -0.4 is 5.43 Å². The van der Waals surface area contributed by atoms with Gasteiger partial charge in [-0.15, -0.1) is 11.3 Å². The molecule has 3 rings (SSSR count). The molecule has 130 valence electrons. The van der Waals surface area contributed by atoms with Gasteiger partial charge in [-0.3, -0.25) is 9.59 Å². The largest absolute Gasteiger partial charge is 0.508 e. The number of aryl methyl sites for hydroxylation is 1. The van der Waals surface area contributed by atoms with Crippen LogP contribution in [0.15, 0.2) is 41.2 Å². The molecular weight excluding hydrogens is 336 g/mol. The molecule has 1 heterocycles. The Morgan fingerprint density at radius 3 is 2.40 bits per heavy atom. The average Bonchev–Trinajstić information content (AvgIpc) is 2.51. The van der Waals surface area contributed by atoms with Crippen LogP contribution in [0.25, 0.3) is 20.2 Å². The SMILES string of the molecule is CC(C)(C)OC(=O)CCc1ccc2c(=O)c3ccc(O)cc3sc2c1. The summed E-state index contributed by atoms with van der Waals surface area (Å²) in [6.45, 7) is 5.54. The van der Waals surface area contributed by atoms with Gasteiger partial charge < -0.3 is 9.84 Å². The highest BCUT2D eigenvalue weighted by Crippen LogP contribution is 2.28. The van der Waals surface area contributed by atoms with Gasteiger partial charge in [-0.25, -0.2) is 0 Å². The van der Waals surface area contributed by atoms with Gasteiger partial charge in [0.05, 0.1) is 0 Å². The van der Waals surface area contributed by atoms with E-state index in [0.717, 1.165) is 15.0 Å². The fourth-order valence-corrected chi connectivity index (χ4v) is 3.85. The van der Waals surface area contributed by atoms with Gasteiger partial charge in [-0.2, -0.15) is 0 Å². The van der Waals surface area contributed by atoms with Crippen LogP contribution >= 0.6 is 11.3 Å². The molecule has 3 aromatic rings. The Kier molecular flexibility index (Phi) is 4.52. The van der Waals surface area contributed by atoms with Gasteiger partial charge in [0.15, 0.2) is 5.43 Å². The van der Waals surface area contributed by atoms with E-state index in [1.807, 2.05) is 39.0 Å². The van der Waals surface area contributed by atoms with Crippen LogP contribution in [-0.2, 0) is 16.0 Å². The zero-order chi connectivity index (χ0) is 18.2. The number of ether oxygens (including phenoxy) is 1. The number of carbonyl (C=O) groups excluding carboxylic acids is 1. The van der Waals surface area contributed by atoms with E-state index < -0.39 is 5.60 Å². The summed E-state index contributed by atoms with van der Waals surface area (Å²) >= 11 is 1.46. The third kappa shape index (κ3) is 3.99. The number of phenols is 1. The van der Waals surface area contributed by atoms with Crippen LogP contribution in [0.3, 0.4) is 0 Å². The van der Waals surface area contributed by atoms with Gasteiger partial charge >= 0.3 is 5.97 Å². The predicted molar refractivity (Wildman–Crippen MR) is 101 cm³/mol. The van der Waals surface area contributed by atoms with E-state index in [0.29, 0.717) is 23.6 Å². The third-order valence-electron chi connectivity index (χ3n) is 3.76. The average molecular weight is 356 g/mol. The Bertz CT molecular complexity index is 1010. The Hall–Kier alpha value is -2.40. The summed E-state index contributed by atoms with van der Waals surface area (Å²) in [4.78, 5) is 24.4. The molecule has 1 aromatic heterocycles. The molecule has 0 bridgehead atoms. The molecule has 0 aliphatic rings. The summed E-state index contributed by atoms with van der Waals surface area (Å²) in [5.41, 5.74) is 0.455. The number of benzene rings is 2. The molecule has 2 aromatic carbocycles. The summed E-state index contributed by atoms with van der Waals surface area (Å²) in [6.07, 6.45) is 0.857. The summed E-state index contributed by atoms with van der Waals surface area (Å²) < 4.78 is 6.93. The summed E-state index contributed by atoms with van der Waals surface area (Å²) in [5, 5.41) is 10.9. The van der Waals surface area contributed by atoms with E-state index in [1.165, 1.54) is 17.4 Å². The van der Waals surface area contributed by atoms with Crippen molar-refractivity contribution in [2.45, 2.75) is 39.2 Å². The lowest BCUT2D eigenvalue weighted by Gasteiger charge is -2.19. The van der Waals surface area contributed by atoms with Gasteiger partial charge in [-0.05, 0) is 63.1 Å². The van der Waals surface area contributed by atoms with Crippen molar-refractivity contribution < 1.29 is 14.6 Å². The molecule has 4 nitrogen and oxygen atoms in total. The quantitative estimate of drug-likeness (QED) is 0.558. The van der Waals surface area contributed by atoms with Crippen molar-refractivity contribution in [3.05, 3.63) is 52.2 Å². The van der Waals surface area contributed by atoms with Gasteiger partial charge in [0.25, 0.3) is 0 Å². The van der Waals surface area contributed by atoms with Crippen molar-refractivity contribution in [2.75, 3.05) is 0 Å². The van der Waals surface area contributed by atoms with E-state index >= 15 is 0 Å². The standard InChI is InChI=1S/C20H20O4S/c1-20(2,3)24-18(22)9-5-12-4-7-14-16(10-12)25-17-11-13(21)6-8-15(17)19(14)23/h4,6-8,10-11,21H,5,9H2,1-3H3. The van der Waals surface area contributed by atoms with Gasteiger partial charge in [0.2, 0.25) is 0 Å². The monoisotopic (exact) mass is 356 g/mol. The maximum Gasteiger partial charge on any atom is 0.306 e. The highest BCUT2D eigenvalue weighted by Gasteiger charge is 2.16. The number of rotatable bonds is 3. The van der Waals surface area contributed by atoms with E-state index in [4.69, 9.17) is 4.74 Å². The Morgan fingerprint density at radius 2 is 1.72 bits per heavy atom. The maximum absolute atomic E-state index is 12.6. The lowest BCUT2D eigenvalue weighted by molar-refractivity contribution is -0.154. The van der Waals surface area contributed by atoms with E-state index in [2.05, 4.69) is 0 Å². The van der Waals surface area contributed by atoms with Crippen LogP contribution in [0.1, 0.15) is 32.8 Å². The zero-order valence-corrected chi connectivity index (χ0v) is 15.3. The molecule has 5 heteroatoms. The van der Waals surface area contributed by atoms with Crippen LogP contribution in [0, 0.1) is 0 Å². The van der Waals surface area contributed by atoms with Gasteiger partial charge in [-0.1, -0.05) is 6.07 Å². The number of hydrogen-bond acceptors (Lipinski definition) is 5. The first kappa shape index (κ1) is 17.4. The molecule has 0 aliphatic heterocycles. The topological polar surface area (TPSA) is 63.6 Å². The second-order valence-corrected chi connectivity index (χ2v) is 8.11. The molecule has 0 unspecified atom stereocenters. The normalized spacial score (nSPS) is 11.8. The maximum atomic E-state index is 12.6. The Labute approximate surface area is 149 Å². The minimum Gasteiger partial charge on any atom is -0.508 e. The van der Waals surface area contributed by atoms with Crippen molar-refractivity contribution in [3.8, 4) is 5.75 Å². The highest BCUT2D eigenvalue weighted by atomic mass is 32.1. The first-order valence-corrected chi connectivity index (χ1v) is 8.95. The third-order valence-corrected chi connectivity index (χ3v) is 4.87. The van der Waals surface area contributed by atoms with Crippen LogP contribution in [0.5, 0.6) is 5.75 Å². The second-order valence-electron chi connectivity index (χ2n) is 7.03. The molecule has 0 spiro atoms. The van der Waals surface area contributed by atoms with E-state index in [-0.39, 0.29) is 17.1 Å². The Morgan fingerprint density at radius 1 is 1.08 bits per heavy atom. The molecular formula is C20H20O4S. The molecule has 0 saturated carbocycles. The molecule has 0 radical (unpaired) electrons. The molecule has 1 N–H and O–H groups in total. The molecule has 25 heavy (non-hydrogen) atoms. The zero-order valence-electron chi connectivity index (χ0n) is 14.5. The van der Waals surface area contributed by atoms with Gasteiger partial charge in [0.1, 0.15) is 11.4 Å². The fourth-order valence-electron chi connectivity index (χ4n) is 2.68. The van der Waals surface area contributed by atoms with Gasteiger partial charge in [0, 0.05) is 26.6 Å². The minimum absolute atomic E-state index is 0.0394. The summed E-state index contributed by atoms with van der Waals surface area (Å²) in [5.74, 6) is -0.0900. The Balaban J connectivity index is 1.90. The fraction of sp³-hybridized carbons (Fsp3) is 0.300. The number of phenolic OH excluding ortho intramolecular Hbond substituents is 1. The van der Waals surface area contributed by atoms with Crippen LogP contribution in [0.2, 0.25) is 0 Å². The van der Waals surface area contributed by atoms with Crippen molar-refractivity contribution in [3.63, 3.8) is 0 Å². The summed E-state index contributed by atoms with van der Waals surface area (Å²) in [6, 6.07) is 10.4. The number of aromatic hydroxyl groups is 1. The number of esters is 1. The second kappa shape index (κ2) is 6.48. The first-order valence-electron chi connectivity index (χ1n) is 8.13. The number of hydrogen-bond donors (Lipinski definition) is 1. The van der Waals surface area contributed by atoms with Crippen molar-refractivity contribution >= 4 is 37.5 Å². The van der Waals surface area contributed by atoms with Crippen LogP contribution in [-0.4, -0.2) is 16.7 Å². The molecule has 0 fully saturated rings. The van der Waals surface area contributed by atoms with Crippen molar-refractivity contribution in [1.29, 1.82) is 0 Å². The van der Waals surface area contributed by atoms with Crippen LogP contribution in [0.4, 0.5) is 0 Å². The molecule has 0 aliphatic carbocycles. The molecule has 0 saturated heterocycles. The molecule has 0 atom stereocenters.